The van der Waals surface area contributed by atoms with Gasteiger partial charge in [0.15, 0.2) is 0 Å². The molecule has 6 nitrogen and oxygen atoms in total. The third-order valence-corrected chi connectivity index (χ3v) is 1.37. The van der Waals surface area contributed by atoms with E-state index in [1.54, 1.807) is 25.1 Å². The maximum Gasteiger partial charge on any atom is 0.227 e. The molecule has 80 valence electrons. The summed E-state index contributed by atoms with van der Waals surface area (Å²) in [7, 11) is 3.53. The first kappa shape index (κ1) is 13.1. The Bertz CT molecular complexity index is 339. The minimum absolute atomic E-state index is 0.00245. The zero-order valence-electron chi connectivity index (χ0n) is 8.31. The van der Waals surface area contributed by atoms with Crippen LogP contribution in [-0.4, -0.2) is 38.0 Å². The van der Waals surface area contributed by atoms with E-state index in [1.165, 1.54) is 6.34 Å². The van der Waals surface area contributed by atoms with Gasteiger partial charge in [0, 0.05) is 14.1 Å². The van der Waals surface area contributed by atoms with Gasteiger partial charge in [-0.3, -0.25) is 4.79 Å². The zero-order chi connectivity index (χ0) is 11.7. The third kappa shape index (κ3) is 6.23. The lowest BCUT2D eigenvalue weighted by Gasteiger charge is -2.01. The summed E-state index contributed by atoms with van der Waals surface area (Å²) in [5.41, 5.74) is 2.07. The van der Waals surface area contributed by atoms with Crippen molar-refractivity contribution in [2.75, 3.05) is 14.1 Å². The van der Waals surface area contributed by atoms with Crippen molar-refractivity contribution in [1.82, 2.24) is 10.3 Å². The summed E-state index contributed by atoms with van der Waals surface area (Å²) >= 11 is 5.70. The molecule has 0 aliphatic carbocycles. The van der Waals surface area contributed by atoms with Crippen LogP contribution in [0.2, 0.25) is 0 Å². The van der Waals surface area contributed by atoms with E-state index in [-0.39, 0.29) is 10.7 Å². The molecule has 0 heterocycles. The topological polar surface area (TPSA) is 80.8 Å². The molecular weight excluding hydrogens is 218 g/mol. The van der Waals surface area contributed by atoms with Crippen molar-refractivity contribution < 1.29 is 4.79 Å². The summed E-state index contributed by atoms with van der Waals surface area (Å²) < 4.78 is 0. The van der Waals surface area contributed by atoms with Gasteiger partial charge in [-0.25, -0.2) is 10.4 Å². The Morgan fingerprint density at radius 3 is 2.73 bits per heavy atom. The minimum atomic E-state index is 0.00245. The second kappa shape index (κ2) is 7.53. The Kier molecular flexibility index (Phi) is 6.59. The number of halogens is 1. The van der Waals surface area contributed by atoms with E-state index < -0.39 is 0 Å². The fraction of sp³-hybridized carbons (Fsp3) is 0.250. The monoisotopic (exact) mass is 227 g/mol. The van der Waals surface area contributed by atoms with Crippen LogP contribution in [0.4, 0.5) is 0 Å². The van der Waals surface area contributed by atoms with Crippen molar-refractivity contribution in [1.29, 1.82) is 5.26 Å². The van der Waals surface area contributed by atoms with Crippen molar-refractivity contribution in [2.24, 2.45) is 10.1 Å². The van der Waals surface area contributed by atoms with Crippen LogP contribution in [-0.2, 0) is 4.79 Å². The highest BCUT2D eigenvalue weighted by Gasteiger charge is 1.98. The van der Waals surface area contributed by atoms with Crippen LogP contribution < -0.4 is 5.43 Å². The Morgan fingerprint density at radius 1 is 1.60 bits per heavy atom. The highest BCUT2D eigenvalue weighted by molar-refractivity contribution is 6.31. The smallest absolute Gasteiger partial charge is 0.227 e. The predicted molar refractivity (Wildman–Crippen MR) is 58.4 cm³/mol. The van der Waals surface area contributed by atoms with E-state index in [9.17, 15) is 4.79 Å². The van der Waals surface area contributed by atoms with Crippen LogP contribution in [0.3, 0.4) is 0 Å². The number of nitriles is 1. The number of nitrogens with one attached hydrogen (secondary N) is 1. The van der Waals surface area contributed by atoms with E-state index in [4.69, 9.17) is 16.9 Å². The number of carbonyl (C=O) groups excluding carboxylic acids is 1. The molecule has 0 atom stereocenters. The van der Waals surface area contributed by atoms with Gasteiger partial charge in [-0.05, 0) is 0 Å². The highest BCUT2D eigenvalue weighted by Crippen LogP contribution is 2.07. The number of nitrogens with zero attached hydrogens (tertiary/aromatic N) is 4. The van der Waals surface area contributed by atoms with Crippen molar-refractivity contribution >= 4 is 30.6 Å². The van der Waals surface area contributed by atoms with E-state index in [1.807, 2.05) is 5.43 Å². The molecule has 0 fully saturated rings. The Morgan fingerprint density at radius 2 is 2.27 bits per heavy atom. The number of allylic oxidation sites excluding steroid dienone is 1. The number of carbonyl (C=O) groups is 1. The van der Waals surface area contributed by atoms with Crippen LogP contribution in [0.25, 0.3) is 0 Å². The van der Waals surface area contributed by atoms with Crippen molar-refractivity contribution in [2.45, 2.75) is 0 Å². The zero-order valence-corrected chi connectivity index (χ0v) is 9.06. The number of hydrazone groups is 1. The van der Waals surface area contributed by atoms with Crippen LogP contribution >= 0.6 is 11.6 Å². The predicted octanol–water partition coefficient (Wildman–Crippen LogP) is 0.282. The molecule has 0 saturated carbocycles. The lowest BCUT2D eigenvalue weighted by molar-refractivity contribution is -0.109. The molecule has 0 saturated heterocycles. The molecule has 1 N–H and O–H groups in total. The van der Waals surface area contributed by atoms with Gasteiger partial charge < -0.3 is 4.90 Å². The quantitative estimate of drug-likeness (QED) is 0.183. The van der Waals surface area contributed by atoms with Gasteiger partial charge in [-0.2, -0.15) is 10.4 Å². The first-order valence-corrected chi connectivity index (χ1v) is 4.22. The van der Waals surface area contributed by atoms with Crippen LogP contribution in [0.1, 0.15) is 0 Å². The number of aliphatic imine (C=N–C) groups is 1. The average molecular weight is 228 g/mol. The Balaban J connectivity index is 4.69. The van der Waals surface area contributed by atoms with Gasteiger partial charge in [0.25, 0.3) is 0 Å². The summed E-state index contributed by atoms with van der Waals surface area (Å²) in [6.07, 6.45) is 2.94. The molecule has 0 unspecified atom stereocenters. The third-order valence-electron chi connectivity index (χ3n) is 1.07. The number of hydrogen-bond donors (Lipinski definition) is 1. The molecule has 0 radical (unpaired) electrons. The van der Waals surface area contributed by atoms with Gasteiger partial charge in [-0.1, -0.05) is 11.6 Å². The van der Waals surface area contributed by atoms with E-state index >= 15 is 0 Å². The van der Waals surface area contributed by atoms with Gasteiger partial charge in [-0.15, -0.1) is 0 Å². The van der Waals surface area contributed by atoms with Crippen molar-refractivity contribution in [3.8, 4) is 6.07 Å². The fourth-order valence-electron chi connectivity index (χ4n) is 0.496. The lowest BCUT2D eigenvalue weighted by atomic mass is 10.3. The van der Waals surface area contributed by atoms with Crippen molar-refractivity contribution in [3.63, 3.8) is 0 Å². The fourth-order valence-corrected chi connectivity index (χ4v) is 0.631. The van der Waals surface area contributed by atoms with Crippen molar-refractivity contribution in [3.05, 3.63) is 10.7 Å². The largest absolute Gasteiger partial charge is 0.369 e. The molecule has 0 rings (SSSR count). The molecule has 0 aromatic rings. The standard InChI is InChI=1S/C8H10ClN5O/c1-14(2)5-11-8(9)7(3-10)4-12-13-6-15/h4-6H,1-2H3,(H,13,15). The normalized spacial score (nSPS) is 12.4. The minimum Gasteiger partial charge on any atom is -0.369 e. The second-order valence-corrected chi connectivity index (χ2v) is 2.89. The second-order valence-electron chi connectivity index (χ2n) is 2.53. The van der Waals surface area contributed by atoms with Gasteiger partial charge in [0.2, 0.25) is 6.41 Å². The summed E-state index contributed by atoms with van der Waals surface area (Å²) in [5.74, 6) is 0. The van der Waals surface area contributed by atoms with Gasteiger partial charge >= 0.3 is 0 Å². The highest BCUT2D eigenvalue weighted by atomic mass is 35.5. The summed E-state index contributed by atoms with van der Waals surface area (Å²) in [6.45, 7) is 0. The van der Waals surface area contributed by atoms with E-state index in [0.29, 0.717) is 6.41 Å². The number of rotatable bonds is 5. The SMILES string of the molecule is CN(C)C=NC(Cl)=C(C#N)C=NNC=O. The first-order chi connectivity index (χ1) is 7.11. The Hall–Kier alpha value is -1.87. The average Bonchev–Trinajstić information content (AvgIpc) is 2.21. The van der Waals surface area contributed by atoms with Crippen LogP contribution in [0.15, 0.2) is 20.8 Å². The molecule has 0 aliphatic heterocycles. The summed E-state index contributed by atoms with van der Waals surface area (Å²) in [5, 5.41) is 12.1. The molecule has 0 aromatic carbocycles. The van der Waals surface area contributed by atoms with E-state index in [0.717, 1.165) is 6.21 Å². The molecular formula is C8H10ClN5O. The molecule has 0 bridgehead atoms. The van der Waals surface area contributed by atoms with Crippen LogP contribution in [0, 0.1) is 11.3 Å². The molecule has 15 heavy (non-hydrogen) atoms. The van der Waals surface area contributed by atoms with Crippen LogP contribution in [0.5, 0.6) is 0 Å². The molecule has 1 amide bonds. The first-order valence-electron chi connectivity index (χ1n) is 3.84. The summed E-state index contributed by atoms with van der Waals surface area (Å²) in [4.78, 5) is 15.3. The molecule has 7 heteroatoms. The van der Waals surface area contributed by atoms with Gasteiger partial charge in [0.05, 0.1) is 12.6 Å². The Labute approximate surface area is 92.5 Å². The number of hydrogen-bond acceptors (Lipinski definition) is 4. The summed E-state index contributed by atoms with van der Waals surface area (Å²) in [6, 6.07) is 1.79. The molecule has 0 aromatic heterocycles. The maximum atomic E-state index is 9.87. The maximum absolute atomic E-state index is 9.87. The molecule has 0 aliphatic rings. The lowest BCUT2D eigenvalue weighted by Crippen LogP contribution is -2.07. The number of amides is 1. The molecule has 0 spiro atoms. The van der Waals surface area contributed by atoms with Gasteiger partial charge in [0.1, 0.15) is 16.8 Å². The van der Waals surface area contributed by atoms with E-state index in [2.05, 4.69) is 10.1 Å².